The zero-order chi connectivity index (χ0) is 14.5. The monoisotopic (exact) mass is 355 g/mol. The van der Waals surface area contributed by atoms with Crippen LogP contribution in [-0.4, -0.2) is 29.7 Å². The first-order valence-electron chi connectivity index (χ1n) is 6.27. The molecule has 2 rings (SSSR count). The fourth-order valence-corrected chi connectivity index (χ4v) is 3.69. The van der Waals surface area contributed by atoms with E-state index in [9.17, 15) is 0 Å². The third kappa shape index (κ3) is 3.37. The van der Waals surface area contributed by atoms with Gasteiger partial charge in [-0.2, -0.15) is 5.10 Å². The minimum Gasteiger partial charge on any atom is -0.493 e. The molecule has 20 heavy (non-hydrogen) atoms. The average molecular weight is 356 g/mol. The highest BCUT2D eigenvalue weighted by Crippen LogP contribution is 2.32. The van der Waals surface area contributed by atoms with Crippen LogP contribution < -0.4 is 10.1 Å². The van der Waals surface area contributed by atoms with Crippen LogP contribution in [0.4, 0.5) is 0 Å². The Morgan fingerprint density at radius 1 is 1.45 bits per heavy atom. The van der Waals surface area contributed by atoms with E-state index in [1.807, 2.05) is 30.9 Å². The van der Waals surface area contributed by atoms with E-state index in [0.717, 1.165) is 21.7 Å². The van der Waals surface area contributed by atoms with Crippen LogP contribution in [0.25, 0.3) is 0 Å². The predicted octanol–water partition coefficient (Wildman–Crippen LogP) is 3.24. The Hall–Kier alpha value is -0.980. The van der Waals surface area contributed by atoms with Gasteiger partial charge in [0.2, 0.25) is 0 Å². The largest absolute Gasteiger partial charge is 0.493 e. The molecule has 0 aliphatic heterocycles. The molecule has 0 saturated carbocycles. The molecule has 0 aliphatic carbocycles. The highest BCUT2D eigenvalue weighted by atomic mass is 79.9. The second-order valence-corrected chi connectivity index (χ2v) is 6.22. The summed E-state index contributed by atoms with van der Waals surface area (Å²) in [6.45, 7) is 0. The van der Waals surface area contributed by atoms with Crippen LogP contribution in [0.2, 0.25) is 0 Å². The molecule has 1 aromatic heterocycles. The first kappa shape index (κ1) is 15.4. The van der Waals surface area contributed by atoms with Crippen LogP contribution in [0, 0.1) is 0 Å². The summed E-state index contributed by atoms with van der Waals surface area (Å²) in [6, 6.07) is 8.41. The number of ether oxygens (including phenoxy) is 1. The summed E-state index contributed by atoms with van der Waals surface area (Å²) >= 11 is 5.38. The Bertz CT molecular complexity index is 573. The molecule has 0 radical (unpaired) electrons. The molecule has 0 spiro atoms. The Morgan fingerprint density at radius 3 is 2.85 bits per heavy atom. The van der Waals surface area contributed by atoms with Crippen LogP contribution in [0.15, 0.2) is 39.8 Å². The zero-order valence-electron chi connectivity index (χ0n) is 11.8. The number of nitrogens with zero attached hydrogens (tertiary/aromatic N) is 2. The van der Waals surface area contributed by atoms with E-state index < -0.39 is 0 Å². The quantitative estimate of drug-likeness (QED) is 0.807. The van der Waals surface area contributed by atoms with Crippen molar-refractivity contribution < 1.29 is 4.74 Å². The molecule has 1 unspecified atom stereocenters. The molecule has 0 saturated heterocycles. The molecule has 1 heterocycles. The van der Waals surface area contributed by atoms with E-state index in [4.69, 9.17) is 4.74 Å². The molecule has 0 amide bonds. The van der Waals surface area contributed by atoms with E-state index >= 15 is 0 Å². The van der Waals surface area contributed by atoms with Crippen molar-refractivity contribution >= 4 is 27.7 Å². The number of rotatable bonds is 6. The average Bonchev–Trinajstić information content (AvgIpc) is 2.83. The molecule has 0 fully saturated rings. The van der Waals surface area contributed by atoms with E-state index in [2.05, 4.69) is 38.5 Å². The Labute approximate surface area is 132 Å². The fourth-order valence-electron chi connectivity index (χ4n) is 2.02. The number of aryl methyl sites for hydroxylation is 1. The van der Waals surface area contributed by atoms with Gasteiger partial charge >= 0.3 is 0 Å². The van der Waals surface area contributed by atoms with Gasteiger partial charge in [0.05, 0.1) is 25.0 Å². The minimum atomic E-state index is 0.176. The van der Waals surface area contributed by atoms with Gasteiger partial charge in [-0.05, 0) is 35.1 Å². The summed E-state index contributed by atoms with van der Waals surface area (Å²) in [6.07, 6.45) is 1.75. The zero-order valence-corrected chi connectivity index (χ0v) is 14.2. The number of methoxy groups -OCH3 is 1. The Morgan fingerprint density at radius 2 is 2.20 bits per heavy atom. The fraction of sp³-hybridized carbons (Fsp3) is 0.357. The molecule has 6 heteroatoms. The lowest BCUT2D eigenvalue weighted by Crippen LogP contribution is -2.22. The van der Waals surface area contributed by atoms with Crippen molar-refractivity contribution in [1.29, 1.82) is 0 Å². The molecule has 1 atom stereocenters. The van der Waals surface area contributed by atoms with Crippen LogP contribution >= 0.6 is 27.7 Å². The second kappa shape index (κ2) is 7.15. The summed E-state index contributed by atoms with van der Waals surface area (Å²) in [5.74, 6) is 1.72. The van der Waals surface area contributed by atoms with Gasteiger partial charge in [0.15, 0.2) is 5.75 Å². The van der Waals surface area contributed by atoms with Crippen LogP contribution in [-0.2, 0) is 7.05 Å². The first-order valence-corrected chi connectivity index (χ1v) is 8.05. The number of benzene rings is 1. The second-order valence-electron chi connectivity index (χ2n) is 4.30. The van der Waals surface area contributed by atoms with Gasteiger partial charge in [-0.1, -0.05) is 12.1 Å². The SMILES string of the molecule is CNC(CSc1ccccc1Br)c1c(OC)cnn1C. The molecule has 0 aliphatic rings. The lowest BCUT2D eigenvalue weighted by atomic mass is 10.2. The van der Waals surface area contributed by atoms with Gasteiger partial charge in [-0.3, -0.25) is 4.68 Å². The Balaban J connectivity index is 2.13. The summed E-state index contributed by atoms with van der Waals surface area (Å²) in [5, 5.41) is 7.59. The van der Waals surface area contributed by atoms with Crippen molar-refractivity contribution in [3.63, 3.8) is 0 Å². The molecule has 108 valence electrons. The highest BCUT2D eigenvalue weighted by molar-refractivity contribution is 9.10. The molecule has 2 aromatic rings. The summed E-state index contributed by atoms with van der Waals surface area (Å²) in [4.78, 5) is 1.23. The third-order valence-electron chi connectivity index (χ3n) is 3.09. The number of thioether (sulfide) groups is 1. The molecular formula is C14H18BrN3OS. The Kier molecular flexibility index (Phi) is 5.51. The van der Waals surface area contributed by atoms with Crippen molar-refractivity contribution in [3.8, 4) is 5.75 Å². The number of halogens is 1. The molecule has 0 bridgehead atoms. The van der Waals surface area contributed by atoms with Gasteiger partial charge in [0.25, 0.3) is 0 Å². The third-order valence-corrected chi connectivity index (χ3v) is 5.21. The first-order chi connectivity index (χ1) is 9.67. The van der Waals surface area contributed by atoms with E-state index in [0.29, 0.717) is 0 Å². The lowest BCUT2D eigenvalue weighted by Gasteiger charge is -2.18. The molecule has 4 nitrogen and oxygen atoms in total. The summed E-state index contributed by atoms with van der Waals surface area (Å²) in [5.41, 5.74) is 1.06. The van der Waals surface area contributed by atoms with E-state index in [1.165, 1.54) is 4.90 Å². The van der Waals surface area contributed by atoms with Gasteiger partial charge in [-0.15, -0.1) is 11.8 Å². The highest BCUT2D eigenvalue weighted by Gasteiger charge is 2.19. The molecular weight excluding hydrogens is 338 g/mol. The number of hydrogen-bond acceptors (Lipinski definition) is 4. The van der Waals surface area contributed by atoms with Gasteiger partial charge in [-0.25, -0.2) is 0 Å². The number of nitrogens with one attached hydrogen (secondary N) is 1. The van der Waals surface area contributed by atoms with E-state index in [1.54, 1.807) is 25.1 Å². The molecule has 1 N–H and O–H groups in total. The number of aromatic nitrogens is 2. The maximum absolute atomic E-state index is 5.38. The topological polar surface area (TPSA) is 39.1 Å². The maximum Gasteiger partial charge on any atom is 0.161 e. The van der Waals surface area contributed by atoms with Gasteiger partial charge in [0.1, 0.15) is 0 Å². The van der Waals surface area contributed by atoms with Crippen molar-refractivity contribution in [2.24, 2.45) is 7.05 Å². The van der Waals surface area contributed by atoms with Crippen LogP contribution in [0.3, 0.4) is 0 Å². The smallest absolute Gasteiger partial charge is 0.161 e. The van der Waals surface area contributed by atoms with Crippen LogP contribution in [0.5, 0.6) is 5.75 Å². The van der Waals surface area contributed by atoms with Gasteiger partial charge < -0.3 is 10.1 Å². The van der Waals surface area contributed by atoms with Crippen molar-refractivity contribution in [3.05, 3.63) is 40.6 Å². The maximum atomic E-state index is 5.38. The van der Waals surface area contributed by atoms with Crippen molar-refractivity contribution in [2.45, 2.75) is 10.9 Å². The normalized spacial score (nSPS) is 12.4. The summed E-state index contributed by atoms with van der Waals surface area (Å²) < 4.78 is 8.37. The van der Waals surface area contributed by atoms with Gasteiger partial charge in [0, 0.05) is 22.2 Å². The predicted molar refractivity (Wildman–Crippen MR) is 86.4 cm³/mol. The lowest BCUT2D eigenvalue weighted by molar-refractivity contribution is 0.401. The van der Waals surface area contributed by atoms with Crippen molar-refractivity contribution in [1.82, 2.24) is 15.1 Å². The number of hydrogen-bond donors (Lipinski definition) is 1. The summed E-state index contributed by atoms with van der Waals surface area (Å²) in [7, 11) is 5.57. The van der Waals surface area contributed by atoms with E-state index in [-0.39, 0.29) is 6.04 Å². The van der Waals surface area contributed by atoms with Crippen LogP contribution in [0.1, 0.15) is 11.7 Å². The van der Waals surface area contributed by atoms with Crippen molar-refractivity contribution in [2.75, 3.05) is 19.9 Å². The minimum absolute atomic E-state index is 0.176. The molecule has 1 aromatic carbocycles. The standard InChI is InChI=1S/C14H18BrN3OS/c1-16-11(14-12(19-3)8-17-18(14)2)9-20-13-7-5-4-6-10(13)15/h4-8,11,16H,9H2,1-3H3.